The second-order valence-electron chi connectivity index (χ2n) is 8.86. The first-order valence-corrected chi connectivity index (χ1v) is 12.4. The fraction of sp³-hybridized carbons (Fsp3) is 0.0286. The molecule has 4 aromatic carbocycles. The van der Waals surface area contributed by atoms with Gasteiger partial charge in [0, 0.05) is 17.5 Å². The maximum atomic E-state index is 9.46. The number of nitriles is 4. The first-order valence-electron chi connectivity index (χ1n) is 12.4. The van der Waals surface area contributed by atoms with Gasteiger partial charge in [0.15, 0.2) is 0 Å². The molecule has 0 heterocycles. The fourth-order valence-electron chi connectivity index (χ4n) is 4.26. The lowest BCUT2D eigenvalue weighted by atomic mass is 9.96. The van der Waals surface area contributed by atoms with Gasteiger partial charge in [0.1, 0.15) is 47.3 Å². The summed E-state index contributed by atoms with van der Waals surface area (Å²) in [7, 11) is 0. The fourth-order valence-corrected chi connectivity index (χ4v) is 4.26. The molecule has 6 heteroatoms. The summed E-state index contributed by atoms with van der Waals surface area (Å²) in [6.45, 7) is 11.8. The van der Waals surface area contributed by atoms with Crippen molar-refractivity contribution in [1.82, 2.24) is 0 Å². The van der Waals surface area contributed by atoms with E-state index >= 15 is 0 Å². The molecule has 0 fully saturated rings. The van der Waals surface area contributed by atoms with Gasteiger partial charge in [0.2, 0.25) is 0 Å². The molecule has 0 N–H and O–H groups in total. The average molecular weight is 531 g/mol. The number of hydrogen-bond donors (Lipinski definition) is 0. The Morgan fingerprint density at radius 1 is 0.561 bits per heavy atom. The highest BCUT2D eigenvalue weighted by Gasteiger charge is 2.15. The van der Waals surface area contributed by atoms with E-state index < -0.39 is 0 Å². The van der Waals surface area contributed by atoms with Crippen LogP contribution in [0.3, 0.4) is 0 Å². The Labute approximate surface area is 238 Å². The molecule has 194 valence electrons. The van der Waals surface area contributed by atoms with Crippen LogP contribution in [-0.4, -0.2) is 0 Å². The number of hydrogen-bond acceptors (Lipinski definition) is 6. The lowest BCUT2D eigenvalue weighted by Gasteiger charge is -2.17. The van der Waals surface area contributed by atoms with E-state index in [1.807, 2.05) is 54.6 Å². The summed E-state index contributed by atoms with van der Waals surface area (Å²) in [5, 5.41) is 37.3. The maximum Gasteiger partial charge on any atom is 0.138 e. The second kappa shape index (κ2) is 12.5. The Bertz CT molecular complexity index is 1870. The van der Waals surface area contributed by atoms with Crippen LogP contribution in [0.25, 0.3) is 18.2 Å². The lowest BCUT2D eigenvalue weighted by molar-refractivity contribution is 0.475. The van der Waals surface area contributed by atoms with Crippen molar-refractivity contribution in [3.05, 3.63) is 137 Å². The smallest absolute Gasteiger partial charge is 0.138 e. The third-order valence-electron chi connectivity index (χ3n) is 6.21. The first kappa shape index (κ1) is 27.7. The number of nitrogens with zero attached hydrogens (tertiary/aromatic N) is 4. The number of benzene rings is 4. The second-order valence-corrected chi connectivity index (χ2v) is 8.86. The van der Waals surface area contributed by atoms with Crippen LogP contribution in [-0.2, 0) is 6.42 Å². The Morgan fingerprint density at radius 3 is 1.66 bits per heavy atom. The summed E-state index contributed by atoms with van der Waals surface area (Å²) in [5.74, 6) is 1.92. The van der Waals surface area contributed by atoms with Gasteiger partial charge >= 0.3 is 0 Å². The van der Waals surface area contributed by atoms with Crippen LogP contribution < -0.4 is 9.47 Å². The van der Waals surface area contributed by atoms with E-state index in [2.05, 4.69) is 19.7 Å². The van der Waals surface area contributed by atoms with Crippen LogP contribution in [0.1, 0.15) is 50.1 Å². The van der Waals surface area contributed by atoms with E-state index in [1.54, 1.807) is 42.5 Å². The zero-order chi connectivity index (χ0) is 29.4. The van der Waals surface area contributed by atoms with Crippen LogP contribution >= 0.6 is 0 Å². The molecule has 0 radical (unpaired) electrons. The van der Waals surface area contributed by atoms with Crippen molar-refractivity contribution in [2.75, 3.05) is 0 Å². The third-order valence-corrected chi connectivity index (χ3v) is 6.21. The van der Waals surface area contributed by atoms with Gasteiger partial charge in [0.25, 0.3) is 0 Å². The van der Waals surface area contributed by atoms with Crippen molar-refractivity contribution in [2.24, 2.45) is 0 Å². The molecule has 0 bridgehead atoms. The molecule has 0 unspecified atom stereocenters. The topological polar surface area (TPSA) is 114 Å². The first-order chi connectivity index (χ1) is 19.9. The summed E-state index contributed by atoms with van der Waals surface area (Å²) < 4.78 is 12.4. The Hall–Kier alpha value is -6.34. The Balaban J connectivity index is 1.76. The Kier molecular flexibility index (Phi) is 8.42. The predicted molar refractivity (Wildman–Crippen MR) is 158 cm³/mol. The van der Waals surface area contributed by atoms with Gasteiger partial charge in [-0.2, -0.15) is 21.0 Å². The highest BCUT2D eigenvalue weighted by molar-refractivity contribution is 5.67. The molecule has 0 atom stereocenters. The van der Waals surface area contributed by atoms with E-state index in [9.17, 15) is 21.0 Å². The number of rotatable bonds is 9. The Morgan fingerprint density at radius 2 is 1.12 bits per heavy atom. The van der Waals surface area contributed by atoms with Gasteiger partial charge in [-0.3, -0.25) is 0 Å². The van der Waals surface area contributed by atoms with Gasteiger partial charge in [-0.05, 0) is 77.4 Å². The predicted octanol–water partition coefficient (Wildman–Crippen LogP) is 8.28. The van der Waals surface area contributed by atoms with Crippen LogP contribution in [0.2, 0.25) is 0 Å². The minimum atomic E-state index is 0.220. The van der Waals surface area contributed by atoms with Crippen molar-refractivity contribution in [2.45, 2.75) is 6.42 Å². The molecule has 0 aromatic heterocycles. The molecule has 6 nitrogen and oxygen atoms in total. The van der Waals surface area contributed by atoms with E-state index in [0.717, 1.165) is 27.8 Å². The largest absolute Gasteiger partial charge is 0.457 e. The van der Waals surface area contributed by atoms with Crippen LogP contribution in [0, 0.1) is 45.3 Å². The van der Waals surface area contributed by atoms with Crippen molar-refractivity contribution < 1.29 is 9.47 Å². The minimum absolute atomic E-state index is 0.220. The summed E-state index contributed by atoms with van der Waals surface area (Å²) in [6.07, 6.45) is 5.58. The van der Waals surface area contributed by atoms with Gasteiger partial charge in [0.05, 0.1) is 22.3 Å². The molecule has 0 saturated heterocycles. The van der Waals surface area contributed by atoms with Gasteiger partial charge in [-0.15, -0.1) is 0 Å². The zero-order valence-corrected chi connectivity index (χ0v) is 22.0. The summed E-state index contributed by atoms with van der Waals surface area (Å²) in [4.78, 5) is 0. The van der Waals surface area contributed by atoms with E-state index in [0.29, 0.717) is 29.4 Å². The highest BCUT2D eigenvalue weighted by atomic mass is 16.5. The van der Waals surface area contributed by atoms with Crippen molar-refractivity contribution in [3.8, 4) is 47.3 Å². The van der Waals surface area contributed by atoms with Gasteiger partial charge in [-0.1, -0.05) is 44.0 Å². The molecule has 0 aliphatic carbocycles. The molecule has 0 spiro atoms. The molecule has 0 aliphatic heterocycles. The molecular formula is C35H22N4O2. The van der Waals surface area contributed by atoms with Crippen LogP contribution in [0.4, 0.5) is 0 Å². The van der Waals surface area contributed by atoms with Crippen molar-refractivity contribution in [1.29, 1.82) is 21.0 Å². The highest BCUT2D eigenvalue weighted by Crippen LogP contribution is 2.35. The third kappa shape index (κ3) is 6.22. The average Bonchev–Trinajstić information content (AvgIpc) is 3.01. The van der Waals surface area contributed by atoms with Crippen LogP contribution in [0.5, 0.6) is 23.0 Å². The summed E-state index contributed by atoms with van der Waals surface area (Å²) in [6, 6.07) is 27.1. The quantitative estimate of drug-likeness (QED) is 0.215. The maximum absolute atomic E-state index is 9.46. The van der Waals surface area contributed by atoms with Crippen LogP contribution in [0.15, 0.2) is 86.5 Å². The molecule has 4 aromatic rings. The standard InChI is InChI=1S/C35H22N4O2/c1-4-23-11-25(16-34(15-23)40-32-9-7-27(19-36)30(17-32)21-38)14-29-13-24(5-2)12-26(6-3)35(29)41-33-10-8-28(20-37)31(18-33)22-39/h4-13,15-18H,1-3,14H2. The van der Waals surface area contributed by atoms with Gasteiger partial charge in [-0.25, -0.2) is 0 Å². The zero-order valence-electron chi connectivity index (χ0n) is 22.0. The van der Waals surface area contributed by atoms with Crippen molar-refractivity contribution in [3.63, 3.8) is 0 Å². The van der Waals surface area contributed by atoms with Gasteiger partial charge < -0.3 is 9.47 Å². The number of ether oxygens (including phenoxy) is 2. The molecule has 4 rings (SSSR count). The summed E-state index contributed by atoms with van der Waals surface area (Å²) >= 11 is 0. The molecule has 0 amide bonds. The van der Waals surface area contributed by atoms with E-state index in [4.69, 9.17) is 9.47 Å². The SMILES string of the molecule is C=Cc1cc(Cc2cc(C=C)cc(C=C)c2Oc2ccc(C#N)c(C#N)c2)cc(Oc2ccc(C#N)c(C#N)c2)c1. The molecule has 0 saturated carbocycles. The lowest BCUT2D eigenvalue weighted by Crippen LogP contribution is -1.99. The molecular weight excluding hydrogens is 508 g/mol. The van der Waals surface area contributed by atoms with E-state index in [1.165, 1.54) is 12.1 Å². The molecule has 41 heavy (non-hydrogen) atoms. The molecule has 0 aliphatic rings. The summed E-state index contributed by atoms with van der Waals surface area (Å²) in [5.41, 5.74) is 5.15. The van der Waals surface area contributed by atoms with Crippen molar-refractivity contribution >= 4 is 18.2 Å². The minimum Gasteiger partial charge on any atom is -0.457 e. The normalized spacial score (nSPS) is 9.76. The monoisotopic (exact) mass is 530 g/mol. The van der Waals surface area contributed by atoms with E-state index in [-0.39, 0.29) is 22.3 Å².